The van der Waals surface area contributed by atoms with Gasteiger partial charge in [-0.25, -0.2) is 0 Å². The van der Waals surface area contributed by atoms with Crippen LogP contribution >= 0.6 is 23.1 Å². The monoisotopic (exact) mass is 329 g/mol. The second kappa shape index (κ2) is 6.67. The first kappa shape index (κ1) is 15.3. The van der Waals surface area contributed by atoms with E-state index in [-0.39, 0.29) is 0 Å². The van der Waals surface area contributed by atoms with Crippen molar-refractivity contribution in [3.8, 4) is 10.7 Å². The van der Waals surface area contributed by atoms with Crippen LogP contribution in [-0.4, -0.2) is 14.8 Å². The first-order valence-electron chi connectivity index (χ1n) is 7.35. The summed E-state index contributed by atoms with van der Waals surface area (Å²) in [7, 11) is 0. The molecule has 22 heavy (non-hydrogen) atoms. The van der Waals surface area contributed by atoms with Gasteiger partial charge >= 0.3 is 0 Å². The van der Waals surface area contributed by atoms with Crippen LogP contribution in [0.5, 0.6) is 0 Å². The van der Waals surface area contributed by atoms with E-state index >= 15 is 0 Å². The largest absolute Gasteiger partial charge is 0.302 e. The number of aryl methyl sites for hydroxylation is 2. The van der Waals surface area contributed by atoms with Crippen LogP contribution in [0.1, 0.15) is 22.9 Å². The van der Waals surface area contributed by atoms with Gasteiger partial charge in [-0.05, 0) is 38.5 Å². The van der Waals surface area contributed by atoms with E-state index in [0.717, 1.165) is 23.3 Å². The minimum atomic E-state index is 0.884. The first-order chi connectivity index (χ1) is 10.7. The Morgan fingerprint density at radius 1 is 1.05 bits per heavy atom. The lowest BCUT2D eigenvalue weighted by Gasteiger charge is -2.06. The molecule has 2 heterocycles. The Bertz CT molecular complexity index is 757. The van der Waals surface area contributed by atoms with Gasteiger partial charge in [0.25, 0.3) is 0 Å². The Labute approximate surface area is 139 Å². The summed E-state index contributed by atoms with van der Waals surface area (Å²) in [6, 6.07) is 12.9. The van der Waals surface area contributed by atoms with Crippen LogP contribution in [0.15, 0.2) is 41.6 Å². The molecule has 1 aromatic carbocycles. The van der Waals surface area contributed by atoms with Crippen molar-refractivity contribution in [2.75, 3.05) is 0 Å². The lowest BCUT2D eigenvalue weighted by molar-refractivity contribution is 0.688. The minimum absolute atomic E-state index is 0.884. The van der Waals surface area contributed by atoms with Crippen LogP contribution in [0.4, 0.5) is 0 Å². The van der Waals surface area contributed by atoms with Crippen LogP contribution in [-0.2, 0) is 12.3 Å². The van der Waals surface area contributed by atoms with E-state index < -0.39 is 0 Å². The molecule has 0 spiro atoms. The average Bonchev–Trinajstić information content (AvgIpc) is 3.12. The van der Waals surface area contributed by atoms with Crippen molar-refractivity contribution in [2.45, 2.75) is 38.2 Å². The molecule has 0 amide bonds. The Balaban J connectivity index is 1.79. The van der Waals surface area contributed by atoms with Crippen molar-refractivity contribution in [3.05, 3.63) is 52.4 Å². The van der Waals surface area contributed by atoms with Crippen molar-refractivity contribution in [2.24, 2.45) is 0 Å². The Kier molecular flexibility index (Phi) is 4.64. The number of aromatic nitrogens is 3. The van der Waals surface area contributed by atoms with Gasteiger partial charge < -0.3 is 4.57 Å². The van der Waals surface area contributed by atoms with Gasteiger partial charge in [0, 0.05) is 17.2 Å². The fourth-order valence-corrected chi connectivity index (χ4v) is 4.07. The molecule has 0 fully saturated rings. The number of hydrogen-bond acceptors (Lipinski definition) is 4. The maximum atomic E-state index is 4.40. The van der Waals surface area contributed by atoms with E-state index in [1.54, 1.807) is 23.1 Å². The highest BCUT2D eigenvalue weighted by Crippen LogP contribution is 2.30. The summed E-state index contributed by atoms with van der Waals surface area (Å²) in [5.41, 5.74) is 2.61. The topological polar surface area (TPSA) is 30.7 Å². The molecule has 0 aliphatic rings. The van der Waals surface area contributed by atoms with Gasteiger partial charge in [0.15, 0.2) is 11.0 Å². The zero-order valence-corrected chi connectivity index (χ0v) is 14.7. The third-order valence-electron chi connectivity index (χ3n) is 3.48. The maximum Gasteiger partial charge on any atom is 0.191 e. The molecule has 2 aromatic heterocycles. The second-order valence-electron chi connectivity index (χ2n) is 5.24. The van der Waals surface area contributed by atoms with E-state index in [1.165, 1.54) is 20.9 Å². The molecule has 3 rings (SSSR count). The molecule has 0 aliphatic carbocycles. The lowest BCUT2D eigenvalue weighted by Crippen LogP contribution is -1.99. The highest BCUT2D eigenvalue weighted by molar-refractivity contribution is 7.98. The molecule has 0 unspecified atom stereocenters. The zero-order valence-electron chi connectivity index (χ0n) is 13.0. The summed E-state index contributed by atoms with van der Waals surface area (Å²) < 4.78 is 2.20. The molecule has 114 valence electrons. The van der Waals surface area contributed by atoms with E-state index in [4.69, 9.17) is 0 Å². The highest BCUT2D eigenvalue weighted by atomic mass is 32.2. The van der Waals surface area contributed by atoms with Crippen LogP contribution < -0.4 is 0 Å². The average molecular weight is 329 g/mol. The minimum Gasteiger partial charge on any atom is -0.302 e. The normalized spacial score (nSPS) is 11.0. The van der Waals surface area contributed by atoms with Gasteiger partial charge in [-0.2, -0.15) is 0 Å². The van der Waals surface area contributed by atoms with Crippen molar-refractivity contribution in [1.29, 1.82) is 0 Å². The number of nitrogens with zero attached hydrogens (tertiary/aromatic N) is 3. The lowest BCUT2D eigenvalue weighted by atomic mass is 10.2. The van der Waals surface area contributed by atoms with Crippen LogP contribution in [0.2, 0.25) is 0 Å². The van der Waals surface area contributed by atoms with Gasteiger partial charge in [0.1, 0.15) is 0 Å². The Morgan fingerprint density at radius 3 is 2.45 bits per heavy atom. The number of hydrogen-bond donors (Lipinski definition) is 0. The fraction of sp³-hybridized carbons (Fsp3) is 0.294. The molecule has 0 aliphatic heterocycles. The van der Waals surface area contributed by atoms with Crippen LogP contribution in [0, 0.1) is 13.8 Å². The molecule has 0 saturated carbocycles. The van der Waals surface area contributed by atoms with Gasteiger partial charge in [-0.15, -0.1) is 21.5 Å². The second-order valence-corrected chi connectivity index (χ2v) is 7.47. The Hall–Kier alpha value is -1.59. The van der Waals surface area contributed by atoms with Gasteiger partial charge in [-0.1, -0.05) is 41.6 Å². The molecule has 0 radical (unpaired) electrons. The molecule has 3 nitrogen and oxygen atoms in total. The molecular formula is C17H19N3S2. The number of benzene rings is 1. The summed E-state index contributed by atoms with van der Waals surface area (Å²) >= 11 is 3.51. The maximum absolute atomic E-state index is 4.40. The van der Waals surface area contributed by atoms with Crippen molar-refractivity contribution < 1.29 is 0 Å². The standard InChI is InChI=1S/C17H19N3S2/c1-4-20-16(15-10-7-13(3)22-15)18-19-17(20)21-11-14-8-5-12(2)6-9-14/h5-10H,4,11H2,1-3H3. The zero-order chi connectivity index (χ0) is 15.5. The van der Waals surface area contributed by atoms with E-state index in [2.05, 4.69) is 71.9 Å². The predicted octanol–water partition coefficient (Wildman–Crippen LogP) is 4.94. The SMILES string of the molecule is CCn1c(SCc2ccc(C)cc2)nnc1-c1ccc(C)s1. The summed E-state index contributed by atoms with van der Waals surface area (Å²) in [5.74, 6) is 1.90. The highest BCUT2D eigenvalue weighted by Gasteiger charge is 2.14. The molecular weight excluding hydrogens is 310 g/mol. The van der Waals surface area contributed by atoms with E-state index in [9.17, 15) is 0 Å². The Morgan fingerprint density at radius 2 is 1.82 bits per heavy atom. The fourth-order valence-electron chi connectivity index (χ4n) is 2.25. The predicted molar refractivity (Wildman–Crippen MR) is 94.5 cm³/mol. The molecule has 3 aromatic rings. The smallest absolute Gasteiger partial charge is 0.191 e. The number of thioether (sulfide) groups is 1. The molecule has 0 N–H and O–H groups in total. The van der Waals surface area contributed by atoms with Gasteiger partial charge in [-0.3, -0.25) is 0 Å². The van der Waals surface area contributed by atoms with Crippen molar-refractivity contribution in [1.82, 2.24) is 14.8 Å². The van der Waals surface area contributed by atoms with Gasteiger partial charge in [0.2, 0.25) is 0 Å². The third-order valence-corrected chi connectivity index (χ3v) is 5.52. The molecule has 0 bridgehead atoms. The third kappa shape index (κ3) is 3.25. The van der Waals surface area contributed by atoms with Crippen LogP contribution in [0.25, 0.3) is 10.7 Å². The summed E-state index contributed by atoms with van der Waals surface area (Å²) in [5, 5.41) is 9.78. The molecule has 0 atom stereocenters. The quantitative estimate of drug-likeness (QED) is 0.621. The summed E-state index contributed by atoms with van der Waals surface area (Å²) in [4.78, 5) is 2.49. The van der Waals surface area contributed by atoms with Crippen LogP contribution in [0.3, 0.4) is 0 Å². The van der Waals surface area contributed by atoms with Crippen molar-refractivity contribution >= 4 is 23.1 Å². The first-order valence-corrected chi connectivity index (χ1v) is 9.16. The molecule has 5 heteroatoms. The van der Waals surface area contributed by atoms with Crippen molar-refractivity contribution in [3.63, 3.8) is 0 Å². The van der Waals surface area contributed by atoms with E-state index in [0.29, 0.717) is 0 Å². The summed E-state index contributed by atoms with van der Waals surface area (Å²) in [6.45, 7) is 7.26. The van der Waals surface area contributed by atoms with Gasteiger partial charge in [0.05, 0.1) is 4.88 Å². The van der Waals surface area contributed by atoms with E-state index in [1.807, 2.05) is 0 Å². The number of thiophene rings is 1. The number of rotatable bonds is 5. The molecule has 0 saturated heterocycles. The summed E-state index contributed by atoms with van der Waals surface area (Å²) in [6.07, 6.45) is 0.